The third-order valence-electron chi connectivity index (χ3n) is 5.48. The number of hydrogen-bond donors (Lipinski definition) is 0. The molecule has 132 valence electrons. The van der Waals surface area contributed by atoms with Crippen LogP contribution in [0.4, 0.5) is 0 Å². The summed E-state index contributed by atoms with van der Waals surface area (Å²) in [5, 5.41) is 0. The molecule has 0 unspecified atom stereocenters. The highest BCUT2D eigenvalue weighted by Crippen LogP contribution is 2.32. The standard InChI is InChI=1S/C27H24/c1-3-20-5-7-22(8-6-20)9-10-23-13-16-25-18-27(19-26(25)17-23)24-14-11-21(4-2)12-15-24/h2,5-8,11-17,19H,3,9-10,18H2,1H3. The average Bonchev–Trinajstić information content (AvgIpc) is 3.16. The van der Waals surface area contributed by atoms with Crippen LogP contribution in [0.3, 0.4) is 0 Å². The first-order valence-corrected chi connectivity index (χ1v) is 9.72. The van der Waals surface area contributed by atoms with Crippen LogP contribution >= 0.6 is 0 Å². The van der Waals surface area contributed by atoms with E-state index in [1.54, 1.807) is 0 Å². The topological polar surface area (TPSA) is 0 Å². The summed E-state index contributed by atoms with van der Waals surface area (Å²) < 4.78 is 0. The molecule has 0 spiro atoms. The number of terminal acetylenes is 1. The van der Waals surface area contributed by atoms with Gasteiger partial charge in [0.25, 0.3) is 0 Å². The second kappa shape index (κ2) is 7.68. The summed E-state index contributed by atoms with van der Waals surface area (Å²) in [4.78, 5) is 0. The molecule has 0 atom stereocenters. The number of hydrogen-bond acceptors (Lipinski definition) is 0. The van der Waals surface area contributed by atoms with E-state index in [4.69, 9.17) is 6.42 Å². The molecule has 0 nitrogen and oxygen atoms in total. The summed E-state index contributed by atoms with van der Waals surface area (Å²) in [6.07, 6.45) is 12.1. The molecule has 1 aliphatic carbocycles. The minimum atomic E-state index is 0.934. The molecule has 0 saturated carbocycles. The van der Waals surface area contributed by atoms with Gasteiger partial charge in [-0.1, -0.05) is 73.5 Å². The van der Waals surface area contributed by atoms with E-state index >= 15 is 0 Å². The molecule has 0 aromatic heterocycles. The smallest absolute Gasteiger partial charge is 0.0243 e. The van der Waals surface area contributed by atoms with E-state index in [2.05, 4.69) is 73.5 Å². The summed E-state index contributed by atoms with van der Waals surface area (Å²) in [5.74, 6) is 2.68. The monoisotopic (exact) mass is 348 g/mol. The fourth-order valence-electron chi connectivity index (χ4n) is 3.74. The Labute approximate surface area is 162 Å². The van der Waals surface area contributed by atoms with Crippen molar-refractivity contribution in [2.45, 2.75) is 32.6 Å². The van der Waals surface area contributed by atoms with Gasteiger partial charge in [-0.15, -0.1) is 6.42 Å². The van der Waals surface area contributed by atoms with Crippen molar-refractivity contribution in [2.24, 2.45) is 0 Å². The van der Waals surface area contributed by atoms with Crippen LogP contribution in [0.1, 0.15) is 45.9 Å². The summed E-state index contributed by atoms with van der Waals surface area (Å²) in [7, 11) is 0. The molecule has 4 rings (SSSR count). The first kappa shape index (κ1) is 17.4. The molecular weight excluding hydrogens is 324 g/mol. The van der Waals surface area contributed by atoms with E-state index < -0.39 is 0 Å². The van der Waals surface area contributed by atoms with Gasteiger partial charge in [0.15, 0.2) is 0 Å². The van der Waals surface area contributed by atoms with Crippen LogP contribution < -0.4 is 0 Å². The van der Waals surface area contributed by atoms with Crippen molar-refractivity contribution >= 4 is 11.6 Å². The van der Waals surface area contributed by atoms with Gasteiger partial charge in [-0.2, -0.15) is 0 Å². The molecule has 0 radical (unpaired) electrons. The molecule has 0 N–H and O–H groups in total. The van der Waals surface area contributed by atoms with Crippen molar-refractivity contribution in [3.63, 3.8) is 0 Å². The highest BCUT2D eigenvalue weighted by Gasteiger charge is 2.14. The molecule has 0 heterocycles. The molecular formula is C27H24. The zero-order valence-corrected chi connectivity index (χ0v) is 15.8. The summed E-state index contributed by atoms with van der Waals surface area (Å²) in [6.45, 7) is 2.20. The molecule has 0 fully saturated rings. The van der Waals surface area contributed by atoms with Gasteiger partial charge < -0.3 is 0 Å². The van der Waals surface area contributed by atoms with Crippen LogP contribution in [0, 0.1) is 12.3 Å². The molecule has 3 aromatic carbocycles. The van der Waals surface area contributed by atoms with Gasteiger partial charge in [-0.3, -0.25) is 0 Å². The van der Waals surface area contributed by atoms with Crippen molar-refractivity contribution in [1.82, 2.24) is 0 Å². The molecule has 1 aliphatic rings. The van der Waals surface area contributed by atoms with E-state index in [0.717, 1.165) is 31.2 Å². The first-order valence-electron chi connectivity index (χ1n) is 9.72. The van der Waals surface area contributed by atoms with Crippen LogP contribution in [-0.4, -0.2) is 0 Å². The number of allylic oxidation sites excluding steroid dienone is 1. The zero-order chi connectivity index (χ0) is 18.6. The Kier molecular flexibility index (Phi) is 4.95. The van der Waals surface area contributed by atoms with Gasteiger partial charge in [0.05, 0.1) is 0 Å². The first-order chi connectivity index (χ1) is 13.2. The van der Waals surface area contributed by atoms with Gasteiger partial charge >= 0.3 is 0 Å². The van der Waals surface area contributed by atoms with Gasteiger partial charge in [-0.05, 0) is 76.8 Å². The molecule has 0 saturated heterocycles. The fourth-order valence-corrected chi connectivity index (χ4v) is 3.74. The van der Waals surface area contributed by atoms with Crippen molar-refractivity contribution < 1.29 is 0 Å². The van der Waals surface area contributed by atoms with Crippen molar-refractivity contribution in [3.8, 4) is 12.3 Å². The highest BCUT2D eigenvalue weighted by molar-refractivity contribution is 5.88. The third-order valence-corrected chi connectivity index (χ3v) is 5.48. The number of aryl methyl sites for hydroxylation is 3. The average molecular weight is 348 g/mol. The quantitative estimate of drug-likeness (QED) is 0.488. The van der Waals surface area contributed by atoms with Gasteiger partial charge in [0.1, 0.15) is 0 Å². The Balaban J connectivity index is 1.47. The maximum atomic E-state index is 5.46. The zero-order valence-electron chi connectivity index (χ0n) is 15.8. The van der Waals surface area contributed by atoms with Crippen LogP contribution in [0.5, 0.6) is 0 Å². The van der Waals surface area contributed by atoms with Crippen LogP contribution in [0.15, 0.2) is 66.7 Å². The van der Waals surface area contributed by atoms with Crippen molar-refractivity contribution in [3.05, 3.63) is 106 Å². The minimum Gasteiger partial charge on any atom is -0.115 e. The van der Waals surface area contributed by atoms with E-state index in [0.29, 0.717) is 0 Å². The normalized spacial score (nSPS) is 12.4. The van der Waals surface area contributed by atoms with Gasteiger partial charge in [0.2, 0.25) is 0 Å². The second-order valence-corrected chi connectivity index (χ2v) is 7.27. The number of fused-ring (bicyclic) bond motifs is 1. The van der Waals surface area contributed by atoms with E-state index in [-0.39, 0.29) is 0 Å². The van der Waals surface area contributed by atoms with Crippen LogP contribution in [-0.2, 0) is 25.7 Å². The molecule has 0 heteroatoms. The van der Waals surface area contributed by atoms with Crippen molar-refractivity contribution in [2.75, 3.05) is 0 Å². The highest BCUT2D eigenvalue weighted by atomic mass is 14.2. The predicted octanol–water partition coefficient (Wildman–Crippen LogP) is 6.11. The predicted molar refractivity (Wildman–Crippen MR) is 116 cm³/mol. The lowest BCUT2D eigenvalue weighted by atomic mass is 9.99. The SMILES string of the molecule is C#Cc1ccc(C2=Cc3cc(CCc4ccc(CC)cc4)ccc3C2)cc1. The Hall–Kier alpha value is -3.04. The van der Waals surface area contributed by atoms with E-state index in [1.165, 1.54) is 39.0 Å². The van der Waals surface area contributed by atoms with Gasteiger partial charge in [-0.25, -0.2) is 0 Å². The summed E-state index contributed by atoms with van der Waals surface area (Å²) in [6, 6.07) is 24.3. The summed E-state index contributed by atoms with van der Waals surface area (Å²) >= 11 is 0. The van der Waals surface area contributed by atoms with Crippen LogP contribution in [0.2, 0.25) is 0 Å². The maximum Gasteiger partial charge on any atom is 0.0243 e. The Morgan fingerprint density at radius 2 is 1.48 bits per heavy atom. The number of benzene rings is 3. The largest absolute Gasteiger partial charge is 0.115 e. The molecule has 0 bridgehead atoms. The van der Waals surface area contributed by atoms with Gasteiger partial charge in [0, 0.05) is 5.56 Å². The Morgan fingerprint density at radius 3 is 2.19 bits per heavy atom. The number of rotatable bonds is 5. The van der Waals surface area contributed by atoms with E-state index in [1.807, 2.05) is 12.1 Å². The van der Waals surface area contributed by atoms with Crippen LogP contribution in [0.25, 0.3) is 11.6 Å². The molecule has 27 heavy (non-hydrogen) atoms. The molecule has 3 aromatic rings. The maximum absolute atomic E-state index is 5.46. The second-order valence-electron chi connectivity index (χ2n) is 7.27. The molecule has 0 amide bonds. The molecule has 0 aliphatic heterocycles. The Bertz CT molecular complexity index is 1010. The third kappa shape index (κ3) is 3.88. The lowest BCUT2D eigenvalue weighted by molar-refractivity contribution is 0.955. The van der Waals surface area contributed by atoms with Crippen molar-refractivity contribution in [1.29, 1.82) is 0 Å². The minimum absolute atomic E-state index is 0.934. The lowest BCUT2D eigenvalue weighted by Gasteiger charge is -2.06. The lowest BCUT2D eigenvalue weighted by Crippen LogP contribution is -1.93. The van der Waals surface area contributed by atoms with E-state index in [9.17, 15) is 0 Å². The fraction of sp³-hybridized carbons (Fsp3) is 0.185. The Morgan fingerprint density at radius 1 is 0.815 bits per heavy atom. The summed E-state index contributed by atoms with van der Waals surface area (Å²) in [5.41, 5.74) is 10.6.